The van der Waals surface area contributed by atoms with E-state index in [1.165, 1.54) is 6.33 Å². The van der Waals surface area contributed by atoms with Crippen LogP contribution in [-0.4, -0.2) is 35.3 Å². The maximum absolute atomic E-state index is 12.0. The summed E-state index contributed by atoms with van der Waals surface area (Å²) in [4.78, 5) is 20.5. The number of amides is 1. The SMILES string of the molecule is Cc1nc2ncnn2c(C)c1CCC(=O)Nc1ccn(C)n1. The first-order valence-corrected chi connectivity index (χ1v) is 7.00. The van der Waals surface area contributed by atoms with Gasteiger partial charge in [0.1, 0.15) is 6.33 Å². The second-order valence-electron chi connectivity index (χ2n) is 5.16. The molecule has 3 rings (SSSR count). The van der Waals surface area contributed by atoms with Crippen LogP contribution in [0.1, 0.15) is 23.4 Å². The van der Waals surface area contributed by atoms with Crippen LogP contribution in [0.15, 0.2) is 18.6 Å². The molecule has 1 N–H and O–H groups in total. The zero-order valence-electron chi connectivity index (χ0n) is 12.7. The van der Waals surface area contributed by atoms with Gasteiger partial charge in [0.15, 0.2) is 5.82 Å². The highest BCUT2D eigenvalue weighted by molar-refractivity contribution is 5.89. The Morgan fingerprint density at radius 1 is 1.36 bits per heavy atom. The van der Waals surface area contributed by atoms with E-state index in [2.05, 4.69) is 25.5 Å². The first-order chi connectivity index (χ1) is 10.5. The maximum Gasteiger partial charge on any atom is 0.252 e. The lowest BCUT2D eigenvalue weighted by Gasteiger charge is -2.10. The summed E-state index contributed by atoms with van der Waals surface area (Å²) in [6, 6.07) is 1.76. The minimum atomic E-state index is -0.0730. The van der Waals surface area contributed by atoms with E-state index in [-0.39, 0.29) is 5.91 Å². The predicted molar refractivity (Wildman–Crippen MR) is 80.4 cm³/mol. The monoisotopic (exact) mass is 299 g/mol. The van der Waals surface area contributed by atoms with Crippen molar-refractivity contribution in [3.63, 3.8) is 0 Å². The van der Waals surface area contributed by atoms with Crippen LogP contribution in [0.5, 0.6) is 0 Å². The van der Waals surface area contributed by atoms with Gasteiger partial charge in [-0.2, -0.15) is 15.2 Å². The van der Waals surface area contributed by atoms with Crippen molar-refractivity contribution in [1.29, 1.82) is 0 Å². The van der Waals surface area contributed by atoms with Crippen molar-refractivity contribution >= 4 is 17.5 Å². The van der Waals surface area contributed by atoms with E-state index >= 15 is 0 Å². The topological polar surface area (TPSA) is 90.0 Å². The smallest absolute Gasteiger partial charge is 0.252 e. The number of rotatable bonds is 4. The standard InChI is InChI=1S/C14H17N7O/c1-9-11(10(2)21-14(17-9)15-8-16-21)4-5-13(22)18-12-6-7-20(3)19-12/h6-8H,4-5H2,1-3H3,(H,18,19,22). The summed E-state index contributed by atoms with van der Waals surface area (Å²) in [6.45, 7) is 3.88. The highest BCUT2D eigenvalue weighted by atomic mass is 16.1. The van der Waals surface area contributed by atoms with Crippen LogP contribution in [-0.2, 0) is 18.3 Å². The average Bonchev–Trinajstić information content (AvgIpc) is 3.07. The first kappa shape index (κ1) is 14.2. The van der Waals surface area contributed by atoms with Crippen LogP contribution >= 0.6 is 0 Å². The van der Waals surface area contributed by atoms with E-state index in [9.17, 15) is 4.79 Å². The van der Waals surface area contributed by atoms with E-state index in [1.807, 2.05) is 13.8 Å². The summed E-state index contributed by atoms with van der Waals surface area (Å²) in [5, 5.41) is 11.1. The van der Waals surface area contributed by atoms with Crippen LogP contribution in [0.3, 0.4) is 0 Å². The van der Waals surface area contributed by atoms with Gasteiger partial charge in [0.05, 0.1) is 0 Å². The van der Waals surface area contributed by atoms with Crippen LogP contribution in [0, 0.1) is 13.8 Å². The fourth-order valence-electron chi connectivity index (χ4n) is 2.44. The number of nitrogens with zero attached hydrogens (tertiary/aromatic N) is 6. The molecule has 0 aliphatic heterocycles. The summed E-state index contributed by atoms with van der Waals surface area (Å²) < 4.78 is 3.34. The zero-order valence-corrected chi connectivity index (χ0v) is 12.7. The van der Waals surface area contributed by atoms with Gasteiger partial charge in [0.25, 0.3) is 5.78 Å². The van der Waals surface area contributed by atoms with Crippen LogP contribution in [0.25, 0.3) is 5.78 Å². The van der Waals surface area contributed by atoms with Gasteiger partial charge in [0.2, 0.25) is 5.91 Å². The lowest BCUT2D eigenvalue weighted by Crippen LogP contribution is -2.14. The van der Waals surface area contributed by atoms with Crippen molar-refractivity contribution in [2.24, 2.45) is 7.05 Å². The zero-order chi connectivity index (χ0) is 15.7. The molecule has 0 fully saturated rings. The van der Waals surface area contributed by atoms with Crippen molar-refractivity contribution in [3.8, 4) is 0 Å². The normalized spacial score (nSPS) is 11.0. The van der Waals surface area contributed by atoms with Crippen molar-refractivity contribution in [3.05, 3.63) is 35.5 Å². The molecule has 0 bridgehead atoms. The molecule has 0 unspecified atom stereocenters. The number of hydrogen-bond acceptors (Lipinski definition) is 5. The Morgan fingerprint density at radius 3 is 2.91 bits per heavy atom. The van der Waals surface area contributed by atoms with Gasteiger partial charge >= 0.3 is 0 Å². The van der Waals surface area contributed by atoms with E-state index in [1.54, 1.807) is 28.5 Å². The number of aryl methyl sites for hydroxylation is 3. The minimum Gasteiger partial charge on any atom is -0.309 e. The largest absolute Gasteiger partial charge is 0.309 e. The summed E-state index contributed by atoms with van der Waals surface area (Å²) in [5.74, 6) is 1.07. The Labute approximate surface area is 127 Å². The van der Waals surface area contributed by atoms with Crippen LogP contribution in [0.4, 0.5) is 5.82 Å². The Balaban J connectivity index is 1.72. The van der Waals surface area contributed by atoms with Gasteiger partial charge in [-0.25, -0.2) is 9.50 Å². The van der Waals surface area contributed by atoms with E-state index in [4.69, 9.17) is 0 Å². The van der Waals surface area contributed by atoms with Crippen molar-refractivity contribution in [2.75, 3.05) is 5.32 Å². The molecule has 3 aromatic heterocycles. The Kier molecular flexibility index (Phi) is 3.58. The molecule has 0 aliphatic carbocycles. The Morgan fingerprint density at radius 2 is 2.18 bits per heavy atom. The van der Waals surface area contributed by atoms with Crippen molar-refractivity contribution < 1.29 is 4.79 Å². The molecule has 0 saturated carbocycles. The van der Waals surface area contributed by atoms with Gasteiger partial charge in [-0.3, -0.25) is 9.48 Å². The second kappa shape index (κ2) is 5.55. The molecule has 3 aromatic rings. The number of aromatic nitrogens is 6. The number of fused-ring (bicyclic) bond motifs is 1. The number of carbonyl (C=O) groups excluding carboxylic acids is 1. The number of nitrogens with one attached hydrogen (secondary N) is 1. The summed E-state index contributed by atoms with van der Waals surface area (Å²) in [6.07, 6.45) is 4.22. The summed E-state index contributed by atoms with van der Waals surface area (Å²) in [7, 11) is 1.81. The highest BCUT2D eigenvalue weighted by Gasteiger charge is 2.13. The molecule has 22 heavy (non-hydrogen) atoms. The first-order valence-electron chi connectivity index (χ1n) is 7.00. The summed E-state index contributed by atoms with van der Waals surface area (Å²) in [5.41, 5.74) is 2.86. The van der Waals surface area contributed by atoms with E-state index < -0.39 is 0 Å². The molecule has 0 aliphatic rings. The molecule has 0 aromatic carbocycles. The van der Waals surface area contributed by atoms with Crippen LogP contribution < -0.4 is 5.32 Å². The highest BCUT2D eigenvalue weighted by Crippen LogP contribution is 2.15. The number of hydrogen-bond donors (Lipinski definition) is 1. The van der Waals surface area contributed by atoms with Gasteiger partial charge in [-0.15, -0.1) is 0 Å². The molecule has 0 radical (unpaired) electrons. The van der Waals surface area contributed by atoms with Gasteiger partial charge in [0, 0.05) is 37.1 Å². The summed E-state index contributed by atoms with van der Waals surface area (Å²) >= 11 is 0. The molecule has 0 saturated heterocycles. The quantitative estimate of drug-likeness (QED) is 0.777. The fraction of sp³-hybridized carbons (Fsp3) is 0.357. The lowest BCUT2D eigenvalue weighted by molar-refractivity contribution is -0.116. The Hall–Kier alpha value is -2.77. The molecule has 8 heteroatoms. The van der Waals surface area contributed by atoms with Crippen LogP contribution in [0.2, 0.25) is 0 Å². The molecule has 0 atom stereocenters. The van der Waals surface area contributed by atoms with E-state index in [0.29, 0.717) is 24.4 Å². The average molecular weight is 299 g/mol. The lowest BCUT2D eigenvalue weighted by atomic mass is 10.1. The third kappa shape index (κ3) is 2.67. The number of carbonyl (C=O) groups is 1. The number of anilines is 1. The molecule has 3 heterocycles. The Bertz CT molecular complexity index is 833. The van der Waals surface area contributed by atoms with Crippen molar-refractivity contribution in [1.82, 2.24) is 29.4 Å². The molecule has 0 spiro atoms. The minimum absolute atomic E-state index is 0.0730. The second-order valence-corrected chi connectivity index (χ2v) is 5.16. The predicted octanol–water partition coefficient (Wildman–Crippen LogP) is 1.05. The van der Waals surface area contributed by atoms with Gasteiger partial charge in [-0.05, 0) is 25.8 Å². The fourth-order valence-corrected chi connectivity index (χ4v) is 2.44. The molecule has 8 nitrogen and oxygen atoms in total. The molecule has 1 amide bonds. The molecule has 114 valence electrons. The maximum atomic E-state index is 12.0. The molecular weight excluding hydrogens is 282 g/mol. The van der Waals surface area contributed by atoms with Gasteiger partial charge in [-0.1, -0.05) is 0 Å². The third-order valence-electron chi connectivity index (χ3n) is 3.57. The van der Waals surface area contributed by atoms with Crippen molar-refractivity contribution in [2.45, 2.75) is 26.7 Å². The van der Waals surface area contributed by atoms with E-state index in [0.717, 1.165) is 17.0 Å². The third-order valence-corrected chi connectivity index (χ3v) is 3.57. The van der Waals surface area contributed by atoms with Gasteiger partial charge < -0.3 is 5.32 Å². The molecular formula is C14H17N7O.